The van der Waals surface area contributed by atoms with Gasteiger partial charge < -0.3 is 5.32 Å². The van der Waals surface area contributed by atoms with Gasteiger partial charge in [-0.3, -0.25) is 19.3 Å². The van der Waals surface area contributed by atoms with Crippen molar-refractivity contribution in [2.75, 3.05) is 13.1 Å². The number of nitrogens with one attached hydrogen (secondary N) is 1. The lowest BCUT2D eigenvalue weighted by atomic mass is 10.2. The molecule has 1 aromatic heterocycles. The molecule has 0 aliphatic carbocycles. The highest BCUT2D eigenvalue weighted by molar-refractivity contribution is 8.18. The van der Waals surface area contributed by atoms with Crippen molar-refractivity contribution >= 4 is 46.2 Å². The summed E-state index contributed by atoms with van der Waals surface area (Å²) in [6.45, 7) is 2.13. The highest BCUT2D eigenvalue weighted by atomic mass is 32.2. The molecule has 1 aromatic carbocycles. The van der Waals surface area contributed by atoms with Gasteiger partial charge in [0.05, 0.1) is 9.78 Å². The third-order valence-corrected chi connectivity index (χ3v) is 5.65. The fraction of sp³-hybridized carbons (Fsp3) is 0.167. The minimum absolute atomic E-state index is 0.0988. The summed E-state index contributed by atoms with van der Waals surface area (Å²) in [7, 11) is 0. The number of aryl methyl sites for hydroxylation is 1. The highest BCUT2D eigenvalue weighted by Gasteiger charge is 2.34. The van der Waals surface area contributed by atoms with Crippen LogP contribution in [-0.4, -0.2) is 35.0 Å². The van der Waals surface area contributed by atoms with Crippen molar-refractivity contribution in [2.24, 2.45) is 0 Å². The van der Waals surface area contributed by atoms with E-state index in [9.17, 15) is 18.8 Å². The lowest BCUT2D eigenvalue weighted by molar-refractivity contribution is -0.122. The van der Waals surface area contributed by atoms with Gasteiger partial charge in [-0.2, -0.15) is 0 Å². The van der Waals surface area contributed by atoms with Gasteiger partial charge in [0.1, 0.15) is 5.82 Å². The maximum atomic E-state index is 12.9. The second-order valence-electron chi connectivity index (χ2n) is 5.57. The molecule has 1 saturated heterocycles. The number of halogens is 1. The minimum atomic E-state index is -0.411. The molecule has 0 saturated carbocycles. The van der Waals surface area contributed by atoms with Crippen LogP contribution < -0.4 is 5.32 Å². The molecule has 1 aliphatic rings. The van der Waals surface area contributed by atoms with E-state index in [1.165, 1.54) is 35.6 Å². The Hall–Kier alpha value is -2.45. The van der Waals surface area contributed by atoms with Gasteiger partial charge in [-0.15, -0.1) is 11.3 Å². The van der Waals surface area contributed by atoms with Crippen LogP contribution in [-0.2, 0) is 4.79 Å². The van der Waals surface area contributed by atoms with Gasteiger partial charge in [0.2, 0.25) is 0 Å². The lowest BCUT2D eigenvalue weighted by Gasteiger charge is -2.12. The van der Waals surface area contributed by atoms with Crippen LogP contribution in [0.2, 0.25) is 0 Å². The SMILES string of the molecule is Cc1ccsc1C(=O)NCCN1C(=O)S/C(=C\c2ccc(F)cc2)C1=O. The Morgan fingerprint density at radius 1 is 1.23 bits per heavy atom. The number of thioether (sulfide) groups is 1. The summed E-state index contributed by atoms with van der Waals surface area (Å²) >= 11 is 2.18. The smallest absolute Gasteiger partial charge is 0.293 e. The average Bonchev–Trinajstić information content (AvgIpc) is 3.15. The van der Waals surface area contributed by atoms with Gasteiger partial charge in [0, 0.05) is 13.1 Å². The van der Waals surface area contributed by atoms with Crippen molar-refractivity contribution in [1.29, 1.82) is 0 Å². The number of carbonyl (C=O) groups excluding carboxylic acids is 3. The molecular formula is C18H15FN2O3S2. The van der Waals surface area contributed by atoms with Crippen molar-refractivity contribution < 1.29 is 18.8 Å². The maximum Gasteiger partial charge on any atom is 0.293 e. The number of imide groups is 1. The molecule has 1 fully saturated rings. The summed E-state index contributed by atoms with van der Waals surface area (Å²) in [6, 6.07) is 7.51. The van der Waals surface area contributed by atoms with Gasteiger partial charge in [-0.25, -0.2) is 4.39 Å². The van der Waals surface area contributed by atoms with Crippen LogP contribution in [0.1, 0.15) is 20.8 Å². The molecule has 134 valence electrons. The van der Waals surface area contributed by atoms with E-state index < -0.39 is 5.91 Å². The number of thiophene rings is 1. The van der Waals surface area contributed by atoms with E-state index in [-0.39, 0.29) is 35.0 Å². The maximum absolute atomic E-state index is 12.9. The zero-order valence-corrected chi connectivity index (χ0v) is 15.5. The molecule has 0 spiro atoms. The number of hydrogen-bond donors (Lipinski definition) is 1. The molecule has 2 aromatic rings. The molecule has 5 nitrogen and oxygen atoms in total. The number of rotatable bonds is 5. The first kappa shape index (κ1) is 18.3. The summed E-state index contributed by atoms with van der Waals surface area (Å²) in [5.74, 6) is -0.996. The number of amides is 3. The van der Waals surface area contributed by atoms with Crippen molar-refractivity contribution in [3.8, 4) is 0 Å². The average molecular weight is 390 g/mol. The molecule has 1 aliphatic heterocycles. The van der Waals surface area contributed by atoms with Crippen molar-refractivity contribution in [3.05, 3.63) is 62.4 Å². The summed E-state index contributed by atoms with van der Waals surface area (Å²) in [5, 5.41) is 4.17. The molecular weight excluding hydrogens is 375 g/mol. The quantitative estimate of drug-likeness (QED) is 0.792. The first-order valence-electron chi connectivity index (χ1n) is 7.79. The zero-order valence-electron chi connectivity index (χ0n) is 13.8. The van der Waals surface area contributed by atoms with E-state index in [2.05, 4.69) is 5.32 Å². The molecule has 0 atom stereocenters. The lowest BCUT2D eigenvalue weighted by Crippen LogP contribution is -2.37. The monoisotopic (exact) mass is 390 g/mol. The number of benzene rings is 1. The molecule has 26 heavy (non-hydrogen) atoms. The second-order valence-corrected chi connectivity index (χ2v) is 7.48. The molecule has 3 rings (SSSR count). The zero-order chi connectivity index (χ0) is 18.7. The predicted octanol–water partition coefficient (Wildman–Crippen LogP) is 3.66. The van der Waals surface area contributed by atoms with Crippen LogP contribution in [0.15, 0.2) is 40.6 Å². The van der Waals surface area contributed by atoms with Crippen LogP contribution in [0, 0.1) is 12.7 Å². The molecule has 1 N–H and O–H groups in total. The topological polar surface area (TPSA) is 66.5 Å². The largest absolute Gasteiger partial charge is 0.350 e. The van der Waals surface area contributed by atoms with E-state index in [4.69, 9.17) is 0 Å². The third kappa shape index (κ3) is 4.03. The van der Waals surface area contributed by atoms with E-state index in [0.717, 1.165) is 22.2 Å². The Bertz CT molecular complexity index is 890. The summed E-state index contributed by atoms with van der Waals surface area (Å²) in [4.78, 5) is 38.5. The summed E-state index contributed by atoms with van der Waals surface area (Å²) < 4.78 is 12.9. The van der Waals surface area contributed by atoms with Crippen LogP contribution in [0.4, 0.5) is 9.18 Å². The second kappa shape index (κ2) is 7.84. The Morgan fingerprint density at radius 2 is 1.96 bits per heavy atom. The van der Waals surface area contributed by atoms with Crippen LogP contribution >= 0.6 is 23.1 Å². The van der Waals surface area contributed by atoms with Gasteiger partial charge in [-0.05, 0) is 59.5 Å². The summed E-state index contributed by atoms with van der Waals surface area (Å²) in [5.41, 5.74) is 1.53. The first-order chi connectivity index (χ1) is 12.5. The minimum Gasteiger partial charge on any atom is -0.350 e. The van der Waals surface area contributed by atoms with Gasteiger partial charge in [0.15, 0.2) is 0 Å². The Morgan fingerprint density at radius 3 is 2.62 bits per heavy atom. The Labute approximate surface area is 157 Å². The first-order valence-corrected chi connectivity index (χ1v) is 9.48. The Balaban J connectivity index is 1.60. The number of hydrogen-bond acceptors (Lipinski definition) is 5. The summed E-state index contributed by atoms with van der Waals surface area (Å²) in [6.07, 6.45) is 1.55. The number of nitrogens with zero attached hydrogens (tertiary/aromatic N) is 1. The van der Waals surface area contributed by atoms with Gasteiger partial charge in [0.25, 0.3) is 17.1 Å². The predicted molar refractivity (Wildman–Crippen MR) is 100 cm³/mol. The molecule has 0 bridgehead atoms. The molecule has 2 heterocycles. The van der Waals surface area contributed by atoms with Crippen molar-refractivity contribution in [1.82, 2.24) is 10.2 Å². The highest BCUT2D eigenvalue weighted by Crippen LogP contribution is 2.31. The van der Waals surface area contributed by atoms with E-state index >= 15 is 0 Å². The Kier molecular flexibility index (Phi) is 5.53. The standard InChI is InChI=1S/C18H15FN2O3S2/c1-11-6-9-25-15(11)16(22)20-7-8-21-17(23)14(26-18(21)24)10-12-2-4-13(19)5-3-12/h2-6,9-10H,7-8H2,1H3,(H,20,22)/b14-10-. The van der Waals surface area contributed by atoms with E-state index in [0.29, 0.717) is 10.4 Å². The molecule has 0 unspecified atom stereocenters. The van der Waals surface area contributed by atoms with Crippen LogP contribution in [0.3, 0.4) is 0 Å². The van der Waals surface area contributed by atoms with Crippen molar-refractivity contribution in [3.63, 3.8) is 0 Å². The van der Waals surface area contributed by atoms with Crippen LogP contribution in [0.5, 0.6) is 0 Å². The number of carbonyl (C=O) groups is 3. The van der Waals surface area contributed by atoms with Gasteiger partial charge >= 0.3 is 0 Å². The van der Waals surface area contributed by atoms with E-state index in [1.54, 1.807) is 6.08 Å². The molecule has 3 amide bonds. The third-order valence-electron chi connectivity index (χ3n) is 3.73. The van der Waals surface area contributed by atoms with E-state index in [1.807, 2.05) is 18.4 Å². The fourth-order valence-corrected chi connectivity index (χ4v) is 4.08. The fourth-order valence-electron chi connectivity index (χ4n) is 2.37. The van der Waals surface area contributed by atoms with Gasteiger partial charge in [-0.1, -0.05) is 12.1 Å². The normalized spacial score (nSPS) is 15.8. The van der Waals surface area contributed by atoms with Crippen molar-refractivity contribution in [2.45, 2.75) is 6.92 Å². The molecule has 8 heteroatoms. The molecule has 0 radical (unpaired) electrons. The van der Waals surface area contributed by atoms with Crippen LogP contribution in [0.25, 0.3) is 6.08 Å².